The van der Waals surface area contributed by atoms with Gasteiger partial charge in [-0.25, -0.2) is 5.48 Å². The van der Waals surface area contributed by atoms with Gasteiger partial charge in [0, 0.05) is 11.5 Å². The van der Waals surface area contributed by atoms with E-state index in [4.69, 9.17) is 9.02 Å². The number of nitrogens with one attached hydrogen (secondary N) is 1. The summed E-state index contributed by atoms with van der Waals surface area (Å²) in [5.74, 6) is 0.631. The van der Waals surface area contributed by atoms with Gasteiger partial charge in [0.25, 0.3) is 0 Å². The Morgan fingerprint density at radius 1 is 0.958 bits per heavy atom. The molecule has 0 fully saturated rings. The average molecular weight is 343 g/mol. The van der Waals surface area contributed by atoms with Crippen LogP contribution >= 0.6 is 0 Å². The van der Waals surface area contributed by atoms with Gasteiger partial charge < -0.3 is 4.74 Å². The van der Waals surface area contributed by atoms with Gasteiger partial charge in [-0.1, -0.05) is 42.0 Å². The second-order valence-electron chi connectivity index (χ2n) is 5.35. The maximum Gasteiger partial charge on any atom is 0.317 e. The zero-order valence-electron chi connectivity index (χ0n) is 13.3. The third-order valence-electron chi connectivity index (χ3n) is 3.62. The predicted molar refractivity (Wildman–Crippen MR) is 93.6 cm³/mol. The topological polar surface area (TPSA) is 64.6 Å². The van der Waals surface area contributed by atoms with Crippen molar-refractivity contribution < 1.29 is 17.4 Å². The van der Waals surface area contributed by atoms with Crippen molar-refractivity contribution in [2.75, 3.05) is 12.6 Å². The van der Waals surface area contributed by atoms with E-state index < -0.39 is 10.1 Å². The summed E-state index contributed by atoms with van der Waals surface area (Å²) in [6.07, 6.45) is 0. The molecule has 3 rings (SSSR count). The molecule has 0 heterocycles. The summed E-state index contributed by atoms with van der Waals surface area (Å²) in [7, 11) is -2.34. The summed E-state index contributed by atoms with van der Waals surface area (Å²) < 4.78 is 34.7. The van der Waals surface area contributed by atoms with Crippen LogP contribution in [0.2, 0.25) is 0 Å². The third-order valence-corrected chi connectivity index (χ3v) is 4.77. The Labute approximate surface area is 140 Å². The zero-order chi connectivity index (χ0) is 17.2. The fourth-order valence-corrected chi connectivity index (χ4v) is 3.13. The Hall–Kier alpha value is -2.57. The molecule has 124 valence electrons. The molecular formula is C18H17NO4S. The average Bonchev–Trinajstić information content (AvgIpc) is 2.59. The van der Waals surface area contributed by atoms with Gasteiger partial charge in [0.1, 0.15) is 5.75 Å². The van der Waals surface area contributed by atoms with E-state index in [-0.39, 0.29) is 4.90 Å². The van der Waals surface area contributed by atoms with Gasteiger partial charge in [-0.05, 0) is 30.5 Å². The molecule has 5 nitrogen and oxygen atoms in total. The number of aryl methyl sites for hydroxylation is 1. The van der Waals surface area contributed by atoms with Crippen LogP contribution in [0.15, 0.2) is 65.6 Å². The Bertz CT molecular complexity index is 966. The number of rotatable bonds is 5. The summed E-state index contributed by atoms with van der Waals surface area (Å²) in [5.41, 5.74) is 3.96. The lowest BCUT2D eigenvalue weighted by Gasteiger charge is -2.11. The van der Waals surface area contributed by atoms with Crippen molar-refractivity contribution in [3.05, 3.63) is 66.2 Å². The molecule has 3 aromatic rings. The van der Waals surface area contributed by atoms with Crippen LogP contribution in [-0.2, 0) is 14.4 Å². The summed E-state index contributed by atoms with van der Waals surface area (Å²) in [4.78, 5) is 0.0911. The van der Waals surface area contributed by atoms with E-state index >= 15 is 0 Å². The molecule has 0 unspecified atom stereocenters. The number of methoxy groups -OCH3 is 1. The van der Waals surface area contributed by atoms with Gasteiger partial charge in [-0.3, -0.25) is 0 Å². The van der Waals surface area contributed by atoms with Crippen molar-refractivity contribution in [1.82, 2.24) is 0 Å². The zero-order valence-corrected chi connectivity index (χ0v) is 14.1. The van der Waals surface area contributed by atoms with Crippen LogP contribution < -0.4 is 10.2 Å². The highest BCUT2D eigenvalue weighted by molar-refractivity contribution is 7.86. The normalized spacial score (nSPS) is 11.4. The maximum atomic E-state index is 12.2. The molecule has 0 bridgehead atoms. The first-order valence-electron chi connectivity index (χ1n) is 7.32. The fourth-order valence-electron chi connectivity index (χ4n) is 2.36. The largest absolute Gasteiger partial charge is 0.496 e. The van der Waals surface area contributed by atoms with Crippen LogP contribution in [0.25, 0.3) is 10.8 Å². The van der Waals surface area contributed by atoms with Crippen molar-refractivity contribution in [2.24, 2.45) is 0 Å². The first-order valence-corrected chi connectivity index (χ1v) is 8.73. The van der Waals surface area contributed by atoms with Crippen molar-refractivity contribution in [3.8, 4) is 5.75 Å². The number of benzene rings is 3. The van der Waals surface area contributed by atoms with Crippen LogP contribution in [0.3, 0.4) is 0 Å². The molecule has 0 aliphatic rings. The lowest BCUT2D eigenvalue weighted by molar-refractivity contribution is 0.389. The molecule has 3 aromatic carbocycles. The molecule has 0 aromatic heterocycles. The van der Waals surface area contributed by atoms with Gasteiger partial charge in [0.2, 0.25) is 0 Å². The van der Waals surface area contributed by atoms with E-state index in [0.29, 0.717) is 11.4 Å². The van der Waals surface area contributed by atoms with Crippen LogP contribution in [0.5, 0.6) is 5.75 Å². The number of hydrogen-bond acceptors (Lipinski definition) is 5. The maximum absolute atomic E-state index is 12.2. The van der Waals surface area contributed by atoms with E-state index in [0.717, 1.165) is 16.3 Å². The molecule has 24 heavy (non-hydrogen) atoms. The molecular weight excluding hydrogens is 326 g/mol. The Morgan fingerprint density at radius 3 is 2.38 bits per heavy atom. The number of anilines is 1. The molecule has 0 aliphatic heterocycles. The van der Waals surface area contributed by atoms with E-state index in [1.807, 2.05) is 31.2 Å². The minimum Gasteiger partial charge on any atom is -0.496 e. The summed E-state index contributed by atoms with van der Waals surface area (Å²) in [6, 6.07) is 17.6. The van der Waals surface area contributed by atoms with Crippen LogP contribution in [0.4, 0.5) is 5.69 Å². The minimum absolute atomic E-state index is 0.0911. The van der Waals surface area contributed by atoms with Crippen LogP contribution in [-0.4, -0.2) is 15.5 Å². The highest BCUT2D eigenvalue weighted by atomic mass is 32.2. The highest BCUT2D eigenvalue weighted by Gasteiger charge is 2.16. The third kappa shape index (κ3) is 3.34. The van der Waals surface area contributed by atoms with Crippen molar-refractivity contribution >= 4 is 26.6 Å². The smallest absolute Gasteiger partial charge is 0.317 e. The predicted octanol–water partition coefficient (Wildman–Crippen LogP) is 3.89. The van der Waals surface area contributed by atoms with Crippen molar-refractivity contribution in [1.29, 1.82) is 0 Å². The molecule has 0 saturated heterocycles. The quantitative estimate of drug-likeness (QED) is 0.712. The van der Waals surface area contributed by atoms with E-state index in [1.54, 1.807) is 31.4 Å². The summed E-state index contributed by atoms with van der Waals surface area (Å²) in [6.45, 7) is 1.89. The van der Waals surface area contributed by atoms with Gasteiger partial charge in [0.15, 0.2) is 0 Å². The van der Waals surface area contributed by atoms with E-state index in [9.17, 15) is 8.42 Å². The van der Waals surface area contributed by atoms with Gasteiger partial charge in [0.05, 0.1) is 17.7 Å². The van der Waals surface area contributed by atoms with E-state index in [2.05, 4.69) is 5.48 Å². The number of fused-ring (bicyclic) bond motifs is 1. The SMILES string of the molecule is COc1cc(NOS(=O)(=O)c2ccc(C)cc2)cc2ccccc12. The number of hydrogen-bond donors (Lipinski definition) is 1. The first-order chi connectivity index (χ1) is 11.5. The molecule has 0 radical (unpaired) electrons. The van der Waals surface area contributed by atoms with Crippen molar-refractivity contribution in [2.45, 2.75) is 11.8 Å². The number of ether oxygens (including phenoxy) is 1. The second-order valence-corrected chi connectivity index (χ2v) is 6.90. The summed E-state index contributed by atoms with van der Waals surface area (Å²) in [5, 5.41) is 1.85. The van der Waals surface area contributed by atoms with Crippen molar-refractivity contribution in [3.63, 3.8) is 0 Å². The van der Waals surface area contributed by atoms with Crippen LogP contribution in [0.1, 0.15) is 5.56 Å². The lowest BCUT2D eigenvalue weighted by atomic mass is 10.1. The molecule has 0 aliphatic carbocycles. The first kappa shape index (κ1) is 16.3. The Morgan fingerprint density at radius 2 is 1.67 bits per heavy atom. The summed E-state index contributed by atoms with van der Waals surface area (Å²) >= 11 is 0. The molecule has 6 heteroatoms. The molecule has 0 amide bonds. The van der Waals surface area contributed by atoms with Gasteiger partial charge in [-0.15, -0.1) is 4.28 Å². The van der Waals surface area contributed by atoms with Gasteiger partial charge in [-0.2, -0.15) is 8.42 Å². The Balaban J connectivity index is 1.86. The standard InChI is InChI=1S/C18H17NO4S/c1-13-7-9-16(10-8-13)24(20,21)23-19-15-11-14-5-3-4-6-17(14)18(12-15)22-2/h3-12,19H,1-2H3. The molecule has 0 atom stereocenters. The van der Waals surface area contributed by atoms with Gasteiger partial charge >= 0.3 is 10.1 Å². The van der Waals surface area contributed by atoms with Crippen LogP contribution in [0, 0.1) is 6.92 Å². The minimum atomic E-state index is -3.90. The monoisotopic (exact) mass is 343 g/mol. The molecule has 0 saturated carbocycles. The highest BCUT2D eigenvalue weighted by Crippen LogP contribution is 2.30. The molecule has 1 N–H and O–H groups in total. The van der Waals surface area contributed by atoms with E-state index in [1.165, 1.54) is 12.1 Å². The molecule has 0 spiro atoms. The fraction of sp³-hybridized carbons (Fsp3) is 0.111. The lowest BCUT2D eigenvalue weighted by Crippen LogP contribution is -2.11. The Kier molecular flexibility index (Phi) is 4.42. The second kappa shape index (κ2) is 6.51.